The van der Waals surface area contributed by atoms with Gasteiger partial charge in [0.15, 0.2) is 0 Å². The Morgan fingerprint density at radius 2 is 1.91 bits per heavy atom. The molecule has 0 amide bonds. The monoisotopic (exact) mass is 157 g/mol. The molecule has 0 bridgehead atoms. The Balaban J connectivity index is 2.22. The molecule has 1 fully saturated rings. The lowest BCUT2D eigenvalue weighted by atomic mass is 10.0. The van der Waals surface area contributed by atoms with Crippen molar-refractivity contribution in [3.8, 4) is 0 Å². The lowest BCUT2D eigenvalue weighted by Crippen LogP contribution is -2.30. The van der Waals surface area contributed by atoms with E-state index in [1.165, 1.54) is 25.7 Å². The van der Waals surface area contributed by atoms with Crippen LogP contribution in [-0.2, 0) is 0 Å². The third-order valence-electron chi connectivity index (χ3n) is 2.50. The normalized spacial score (nSPS) is 22.9. The summed E-state index contributed by atoms with van der Waals surface area (Å²) in [5.41, 5.74) is 0. The van der Waals surface area contributed by atoms with Gasteiger partial charge in [-0.15, -0.1) is 0 Å². The predicted molar refractivity (Wildman–Crippen MR) is 46.5 cm³/mol. The van der Waals surface area contributed by atoms with Crippen molar-refractivity contribution < 1.29 is 5.11 Å². The van der Waals surface area contributed by atoms with Crippen LogP contribution in [0.2, 0.25) is 0 Å². The number of hydrogen-bond acceptors (Lipinski definition) is 2. The summed E-state index contributed by atoms with van der Waals surface area (Å²) in [6.45, 7) is 0.824. The van der Waals surface area contributed by atoms with E-state index in [9.17, 15) is 5.11 Å². The highest BCUT2D eigenvalue weighted by Gasteiger charge is 2.22. The summed E-state index contributed by atoms with van der Waals surface area (Å²) in [5.74, 6) is 0.581. The molecule has 2 nitrogen and oxygen atoms in total. The minimum absolute atomic E-state index is 0.0903. The number of aliphatic hydroxyl groups excluding tert-OH is 1. The molecule has 0 aliphatic heterocycles. The molecule has 11 heavy (non-hydrogen) atoms. The van der Waals surface area contributed by atoms with Crippen LogP contribution in [0.25, 0.3) is 0 Å². The molecule has 0 aromatic carbocycles. The molecule has 1 atom stereocenters. The lowest BCUT2D eigenvalue weighted by Gasteiger charge is -2.21. The van der Waals surface area contributed by atoms with E-state index >= 15 is 0 Å². The fraction of sp³-hybridized carbons (Fsp3) is 1.00. The van der Waals surface area contributed by atoms with Crippen molar-refractivity contribution in [1.82, 2.24) is 4.90 Å². The molecule has 2 heteroatoms. The molecule has 66 valence electrons. The highest BCUT2D eigenvalue weighted by Crippen LogP contribution is 2.27. The van der Waals surface area contributed by atoms with E-state index in [1.807, 2.05) is 14.1 Å². The second-order valence-corrected chi connectivity index (χ2v) is 3.87. The summed E-state index contributed by atoms with van der Waals surface area (Å²) < 4.78 is 0. The van der Waals surface area contributed by atoms with E-state index < -0.39 is 0 Å². The van der Waals surface area contributed by atoms with Crippen molar-refractivity contribution >= 4 is 0 Å². The fourth-order valence-electron chi connectivity index (χ4n) is 1.87. The predicted octanol–water partition coefficient (Wildman–Crippen LogP) is 1.10. The average molecular weight is 157 g/mol. The summed E-state index contributed by atoms with van der Waals surface area (Å²) in [7, 11) is 4.02. The highest BCUT2D eigenvalue weighted by molar-refractivity contribution is 4.75. The van der Waals surface area contributed by atoms with E-state index in [2.05, 4.69) is 4.90 Å². The van der Waals surface area contributed by atoms with Crippen LogP contribution in [0.1, 0.15) is 25.7 Å². The van der Waals surface area contributed by atoms with Crippen molar-refractivity contribution in [2.24, 2.45) is 5.92 Å². The Morgan fingerprint density at radius 1 is 1.36 bits per heavy atom. The van der Waals surface area contributed by atoms with Crippen molar-refractivity contribution in [3.63, 3.8) is 0 Å². The fourth-order valence-corrected chi connectivity index (χ4v) is 1.87. The molecular weight excluding hydrogens is 138 g/mol. The summed E-state index contributed by atoms with van der Waals surface area (Å²) in [6, 6.07) is 0. The largest absolute Gasteiger partial charge is 0.392 e. The van der Waals surface area contributed by atoms with E-state index in [0.717, 1.165) is 6.54 Å². The van der Waals surface area contributed by atoms with Gasteiger partial charge in [-0.05, 0) is 32.9 Å². The number of aliphatic hydroxyl groups is 1. The van der Waals surface area contributed by atoms with Crippen molar-refractivity contribution in [1.29, 1.82) is 0 Å². The number of nitrogens with zero attached hydrogens (tertiary/aromatic N) is 1. The SMILES string of the molecule is CN(C)C[C@@H](O)C1CCCC1. The standard InChI is InChI=1S/C9H19NO/c1-10(2)7-9(11)8-5-3-4-6-8/h8-9,11H,3-7H2,1-2H3/t9-/m1/s1. The van der Waals surface area contributed by atoms with Gasteiger partial charge < -0.3 is 10.0 Å². The number of hydrogen-bond donors (Lipinski definition) is 1. The van der Waals surface area contributed by atoms with Crippen LogP contribution < -0.4 is 0 Å². The first kappa shape index (κ1) is 9.01. The van der Waals surface area contributed by atoms with Crippen molar-refractivity contribution in [3.05, 3.63) is 0 Å². The zero-order valence-corrected chi connectivity index (χ0v) is 7.58. The third kappa shape index (κ3) is 2.80. The molecule has 0 spiro atoms. The van der Waals surface area contributed by atoms with Gasteiger partial charge in [0.25, 0.3) is 0 Å². The second kappa shape index (κ2) is 4.07. The number of rotatable bonds is 3. The zero-order chi connectivity index (χ0) is 8.27. The van der Waals surface area contributed by atoms with E-state index in [1.54, 1.807) is 0 Å². The van der Waals surface area contributed by atoms with Gasteiger partial charge >= 0.3 is 0 Å². The maximum absolute atomic E-state index is 9.68. The minimum Gasteiger partial charge on any atom is -0.392 e. The van der Waals surface area contributed by atoms with Crippen molar-refractivity contribution in [2.45, 2.75) is 31.8 Å². The quantitative estimate of drug-likeness (QED) is 0.663. The first-order valence-electron chi connectivity index (χ1n) is 4.53. The molecule has 0 heterocycles. The van der Waals surface area contributed by atoms with E-state index in [0.29, 0.717) is 5.92 Å². The van der Waals surface area contributed by atoms with Gasteiger partial charge in [0.1, 0.15) is 0 Å². The van der Waals surface area contributed by atoms with Gasteiger partial charge in [0.05, 0.1) is 6.10 Å². The Morgan fingerprint density at radius 3 is 2.36 bits per heavy atom. The molecule has 0 saturated heterocycles. The van der Waals surface area contributed by atoms with Gasteiger partial charge in [-0.3, -0.25) is 0 Å². The Labute approximate surface area is 69.2 Å². The smallest absolute Gasteiger partial charge is 0.0694 e. The molecule has 0 aromatic heterocycles. The molecule has 1 aliphatic carbocycles. The Kier molecular flexibility index (Phi) is 3.34. The van der Waals surface area contributed by atoms with Gasteiger partial charge in [-0.2, -0.15) is 0 Å². The van der Waals surface area contributed by atoms with Gasteiger partial charge in [-0.25, -0.2) is 0 Å². The van der Waals surface area contributed by atoms with Crippen LogP contribution >= 0.6 is 0 Å². The van der Waals surface area contributed by atoms with Crippen LogP contribution in [0.15, 0.2) is 0 Å². The Hall–Kier alpha value is -0.0800. The maximum atomic E-state index is 9.68. The van der Waals surface area contributed by atoms with Gasteiger partial charge in [0, 0.05) is 6.54 Å². The van der Waals surface area contributed by atoms with Crippen molar-refractivity contribution in [2.75, 3.05) is 20.6 Å². The first-order chi connectivity index (χ1) is 5.20. The first-order valence-corrected chi connectivity index (χ1v) is 4.53. The van der Waals surface area contributed by atoms with Gasteiger partial charge in [-0.1, -0.05) is 12.8 Å². The van der Waals surface area contributed by atoms with Crippen LogP contribution in [-0.4, -0.2) is 36.8 Å². The van der Waals surface area contributed by atoms with Crippen LogP contribution in [0.4, 0.5) is 0 Å². The summed E-state index contributed by atoms with van der Waals surface area (Å²) >= 11 is 0. The second-order valence-electron chi connectivity index (χ2n) is 3.87. The molecule has 1 aliphatic rings. The summed E-state index contributed by atoms with van der Waals surface area (Å²) in [6.07, 6.45) is 5.00. The lowest BCUT2D eigenvalue weighted by molar-refractivity contribution is 0.0823. The molecule has 1 saturated carbocycles. The molecule has 1 rings (SSSR count). The van der Waals surface area contributed by atoms with Crippen LogP contribution in [0.3, 0.4) is 0 Å². The number of likely N-dealkylation sites (N-methyl/N-ethyl adjacent to an activating group) is 1. The van der Waals surface area contributed by atoms with E-state index in [4.69, 9.17) is 0 Å². The minimum atomic E-state index is -0.0903. The molecule has 0 unspecified atom stereocenters. The average Bonchev–Trinajstić information content (AvgIpc) is 2.35. The summed E-state index contributed by atoms with van der Waals surface area (Å²) in [4.78, 5) is 2.06. The zero-order valence-electron chi connectivity index (χ0n) is 7.58. The molecule has 1 N–H and O–H groups in total. The third-order valence-corrected chi connectivity index (χ3v) is 2.50. The summed E-state index contributed by atoms with van der Waals surface area (Å²) in [5, 5.41) is 9.68. The Bertz CT molecular complexity index is 108. The van der Waals surface area contributed by atoms with Gasteiger partial charge in [0.2, 0.25) is 0 Å². The molecule has 0 aromatic rings. The molecule has 0 radical (unpaired) electrons. The highest BCUT2D eigenvalue weighted by atomic mass is 16.3. The van der Waals surface area contributed by atoms with E-state index in [-0.39, 0.29) is 6.10 Å². The van der Waals surface area contributed by atoms with Crippen LogP contribution in [0, 0.1) is 5.92 Å². The maximum Gasteiger partial charge on any atom is 0.0694 e. The molecular formula is C9H19NO. The topological polar surface area (TPSA) is 23.5 Å². The van der Waals surface area contributed by atoms with Crippen LogP contribution in [0.5, 0.6) is 0 Å².